The lowest BCUT2D eigenvalue weighted by Gasteiger charge is -2.32. The van der Waals surface area contributed by atoms with E-state index in [0.29, 0.717) is 17.8 Å². The third-order valence-electron chi connectivity index (χ3n) is 3.79. The van der Waals surface area contributed by atoms with Gasteiger partial charge in [0.2, 0.25) is 5.91 Å². The lowest BCUT2D eigenvalue weighted by atomic mass is 9.96. The van der Waals surface area contributed by atoms with Gasteiger partial charge in [-0.15, -0.1) is 11.3 Å². The van der Waals surface area contributed by atoms with Gasteiger partial charge in [0.25, 0.3) is 0 Å². The number of thiazole rings is 1. The number of aliphatic hydroxyl groups excluding tert-OH is 1. The number of amides is 1. The molecule has 0 saturated carbocycles. The molecule has 1 rings (SSSR count). The van der Waals surface area contributed by atoms with E-state index in [-0.39, 0.29) is 23.6 Å². The monoisotopic (exact) mass is 342 g/mol. The van der Waals surface area contributed by atoms with Crippen molar-refractivity contribution in [1.29, 1.82) is 0 Å². The molecule has 0 aliphatic heterocycles. The van der Waals surface area contributed by atoms with Crippen molar-refractivity contribution in [2.75, 3.05) is 14.2 Å². The first-order chi connectivity index (χ1) is 10.8. The summed E-state index contributed by atoms with van der Waals surface area (Å²) in [6.45, 7) is 6.01. The minimum Gasteiger partial charge on any atom is -0.464 e. The molecule has 23 heavy (non-hydrogen) atoms. The van der Waals surface area contributed by atoms with Gasteiger partial charge in [-0.25, -0.2) is 9.78 Å². The van der Waals surface area contributed by atoms with E-state index in [2.05, 4.69) is 9.72 Å². The van der Waals surface area contributed by atoms with Crippen molar-refractivity contribution < 1.29 is 19.4 Å². The van der Waals surface area contributed by atoms with Crippen molar-refractivity contribution in [3.8, 4) is 0 Å². The number of hydrogen-bond donors (Lipinski definition) is 1. The van der Waals surface area contributed by atoms with Gasteiger partial charge in [0.1, 0.15) is 11.1 Å². The first kappa shape index (κ1) is 19.6. The molecule has 6 nitrogen and oxygen atoms in total. The van der Waals surface area contributed by atoms with Gasteiger partial charge in [-0.05, 0) is 12.3 Å². The van der Waals surface area contributed by atoms with Crippen molar-refractivity contribution in [3.63, 3.8) is 0 Å². The van der Waals surface area contributed by atoms with Crippen LogP contribution < -0.4 is 0 Å². The zero-order valence-corrected chi connectivity index (χ0v) is 15.2. The highest BCUT2D eigenvalue weighted by Gasteiger charge is 2.27. The lowest BCUT2D eigenvalue weighted by Crippen LogP contribution is -2.41. The summed E-state index contributed by atoms with van der Waals surface area (Å²) in [6, 6.07) is -0.0884. The number of aromatic nitrogens is 1. The SMILES string of the molecule is CCCC(=O)N(C)[C@H](C[C@@H](O)c1nc(C(=O)OC)cs1)C(C)C. The summed E-state index contributed by atoms with van der Waals surface area (Å²) in [5, 5.41) is 12.5. The van der Waals surface area contributed by atoms with Crippen LogP contribution >= 0.6 is 11.3 Å². The Morgan fingerprint density at radius 3 is 2.61 bits per heavy atom. The maximum atomic E-state index is 12.1. The number of carbonyl (C=O) groups is 2. The van der Waals surface area contributed by atoms with Gasteiger partial charge < -0.3 is 14.7 Å². The van der Waals surface area contributed by atoms with Gasteiger partial charge >= 0.3 is 5.97 Å². The number of carbonyl (C=O) groups excluding carboxylic acids is 2. The van der Waals surface area contributed by atoms with E-state index >= 15 is 0 Å². The number of ether oxygens (including phenoxy) is 1. The smallest absolute Gasteiger partial charge is 0.357 e. The normalized spacial score (nSPS) is 13.7. The third kappa shape index (κ3) is 5.28. The Kier molecular flexibility index (Phi) is 7.64. The zero-order chi connectivity index (χ0) is 17.6. The van der Waals surface area contributed by atoms with Crippen LogP contribution in [0.25, 0.3) is 0 Å². The van der Waals surface area contributed by atoms with E-state index in [1.807, 2.05) is 20.8 Å². The molecule has 0 unspecified atom stereocenters. The van der Waals surface area contributed by atoms with Gasteiger partial charge in [0.15, 0.2) is 5.69 Å². The summed E-state index contributed by atoms with van der Waals surface area (Å²) in [5.74, 6) is -0.237. The molecular formula is C16H26N2O4S. The highest BCUT2D eigenvalue weighted by molar-refractivity contribution is 7.09. The van der Waals surface area contributed by atoms with Crippen molar-refractivity contribution >= 4 is 23.2 Å². The summed E-state index contributed by atoms with van der Waals surface area (Å²) >= 11 is 1.22. The Labute approximate surface area is 141 Å². The maximum absolute atomic E-state index is 12.1. The standard InChI is InChI=1S/C16H26N2O4S/c1-6-7-14(20)18(4)12(10(2)3)8-13(19)15-17-11(9-23-15)16(21)22-5/h9-10,12-13,19H,6-8H2,1-5H3/t12-,13-/m1/s1. The first-order valence-corrected chi connectivity index (χ1v) is 8.67. The molecule has 0 aliphatic carbocycles. The van der Waals surface area contributed by atoms with E-state index in [9.17, 15) is 14.7 Å². The van der Waals surface area contributed by atoms with Crippen LogP contribution in [0.3, 0.4) is 0 Å². The molecule has 7 heteroatoms. The minimum atomic E-state index is -0.817. The van der Waals surface area contributed by atoms with Gasteiger partial charge in [0.05, 0.1) is 7.11 Å². The van der Waals surface area contributed by atoms with Crippen molar-refractivity contribution in [2.24, 2.45) is 5.92 Å². The second-order valence-electron chi connectivity index (χ2n) is 5.88. The summed E-state index contributed by atoms with van der Waals surface area (Å²) < 4.78 is 4.62. The Balaban J connectivity index is 2.81. The fourth-order valence-corrected chi connectivity index (χ4v) is 3.21. The Morgan fingerprint density at radius 2 is 2.09 bits per heavy atom. The maximum Gasteiger partial charge on any atom is 0.357 e. The van der Waals surface area contributed by atoms with Crippen LogP contribution in [0.4, 0.5) is 0 Å². The minimum absolute atomic E-state index is 0.0767. The summed E-state index contributed by atoms with van der Waals surface area (Å²) in [6.07, 6.45) is 0.866. The van der Waals surface area contributed by atoms with E-state index in [4.69, 9.17) is 0 Å². The predicted molar refractivity (Wildman–Crippen MR) is 89.3 cm³/mol. The number of nitrogens with zero attached hydrogens (tertiary/aromatic N) is 2. The molecule has 0 aliphatic rings. The lowest BCUT2D eigenvalue weighted by molar-refractivity contribution is -0.133. The average molecular weight is 342 g/mol. The second-order valence-corrected chi connectivity index (χ2v) is 6.77. The molecule has 1 N–H and O–H groups in total. The van der Waals surface area contributed by atoms with Crippen molar-refractivity contribution in [3.05, 3.63) is 16.1 Å². The number of methoxy groups -OCH3 is 1. The highest BCUT2D eigenvalue weighted by Crippen LogP contribution is 2.27. The van der Waals surface area contributed by atoms with Crippen LogP contribution in [-0.4, -0.2) is 47.1 Å². The van der Waals surface area contributed by atoms with Gasteiger partial charge in [-0.3, -0.25) is 4.79 Å². The van der Waals surface area contributed by atoms with Crippen LogP contribution in [-0.2, 0) is 9.53 Å². The molecule has 1 amide bonds. The van der Waals surface area contributed by atoms with Crippen LogP contribution in [0, 0.1) is 5.92 Å². The number of aliphatic hydroxyl groups is 1. The molecule has 0 saturated heterocycles. The molecule has 1 aromatic heterocycles. The topological polar surface area (TPSA) is 79.7 Å². The highest BCUT2D eigenvalue weighted by atomic mass is 32.1. The molecule has 0 radical (unpaired) electrons. The molecule has 0 bridgehead atoms. The summed E-state index contributed by atoms with van der Waals surface area (Å²) in [4.78, 5) is 29.4. The van der Waals surface area contributed by atoms with E-state index in [1.165, 1.54) is 18.4 Å². The molecule has 130 valence electrons. The predicted octanol–water partition coefficient (Wildman–Crippen LogP) is 2.64. The van der Waals surface area contributed by atoms with E-state index < -0.39 is 12.1 Å². The largest absolute Gasteiger partial charge is 0.464 e. The molecule has 2 atom stereocenters. The molecule has 1 aromatic rings. The average Bonchev–Trinajstić information content (AvgIpc) is 3.00. The van der Waals surface area contributed by atoms with E-state index in [0.717, 1.165) is 6.42 Å². The van der Waals surface area contributed by atoms with Crippen LogP contribution in [0.5, 0.6) is 0 Å². The van der Waals surface area contributed by atoms with Crippen LogP contribution in [0.1, 0.15) is 61.6 Å². The van der Waals surface area contributed by atoms with Gasteiger partial charge in [0, 0.05) is 31.3 Å². The Bertz CT molecular complexity index is 530. The first-order valence-electron chi connectivity index (χ1n) is 7.79. The van der Waals surface area contributed by atoms with Gasteiger partial charge in [-0.2, -0.15) is 0 Å². The number of esters is 1. The number of hydrogen-bond acceptors (Lipinski definition) is 6. The van der Waals surface area contributed by atoms with Gasteiger partial charge in [-0.1, -0.05) is 20.8 Å². The van der Waals surface area contributed by atoms with Crippen molar-refractivity contribution in [2.45, 2.75) is 52.2 Å². The molecule has 1 heterocycles. The van der Waals surface area contributed by atoms with Crippen LogP contribution in [0.2, 0.25) is 0 Å². The molecule has 0 aromatic carbocycles. The fourth-order valence-electron chi connectivity index (χ4n) is 2.42. The second kappa shape index (κ2) is 8.98. The van der Waals surface area contributed by atoms with Crippen LogP contribution in [0.15, 0.2) is 5.38 Å². The third-order valence-corrected chi connectivity index (χ3v) is 4.74. The van der Waals surface area contributed by atoms with E-state index in [1.54, 1.807) is 17.3 Å². The molecular weight excluding hydrogens is 316 g/mol. The Morgan fingerprint density at radius 1 is 1.43 bits per heavy atom. The Hall–Kier alpha value is -1.47. The summed E-state index contributed by atoms with van der Waals surface area (Å²) in [7, 11) is 3.07. The number of rotatable bonds is 8. The quantitative estimate of drug-likeness (QED) is 0.735. The fraction of sp³-hybridized carbons (Fsp3) is 0.688. The van der Waals surface area contributed by atoms with Crippen molar-refractivity contribution in [1.82, 2.24) is 9.88 Å². The molecule has 0 spiro atoms. The molecule has 0 fully saturated rings. The zero-order valence-electron chi connectivity index (χ0n) is 14.4. The summed E-state index contributed by atoms with van der Waals surface area (Å²) in [5.41, 5.74) is 0.197.